The molecule has 9 heteroatoms. The zero-order valence-electron chi connectivity index (χ0n) is 13.5. The average Bonchev–Trinajstić information content (AvgIpc) is 3.24. The van der Waals surface area contributed by atoms with Crippen LogP contribution < -0.4 is 11.0 Å². The quantitative estimate of drug-likeness (QED) is 0.721. The summed E-state index contributed by atoms with van der Waals surface area (Å²) in [5.41, 5.74) is 0.112. The van der Waals surface area contributed by atoms with E-state index < -0.39 is 0 Å². The second kappa shape index (κ2) is 8.30. The maximum atomic E-state index is 13.5. The first kappa shape index (κ1) is 17.7. The molecule has 7 nitrogen and oxygen atoms in total. The highest BCUT2D eigenvalue weighted by Crippen LogP contribution is 2.18. The number of rotatable bonds is 7. The Morgan fingerprint density at radius 1 is 1.48 bits per heavy atom. The number of halogens is 1. The second-order valence-electron chi connectivity index (χ2n) is 5.71. The van der Waals surface area contributed by atoms with Crippen LogP contribution in [0.15, 0.2) is 34.2 Å². The number of hydrogen-bond donors (Lipinski definition) is 2. The molecule has 2 aromatic rings. The highest BCUT2D eigenvalue weighted by Gasteiger charge is 2.20. The van der Waals surface area contributed by atoms with Crippen molar-refractivity contribution in [1.29, 1.82) is 0 Å². The molecule has 2 N–H and O–H groups in total. The Labute approximate surface area is 148 Å². The van der Waals surface area contributed by atoms with Gasteiger partial charge in [0.15, 0.2) is 5.16 Å². The summed E-state index contributed by atoms with van der Waals surface area (Å²) >= 11 is 1.16. The molecule has 3 rings (SSSR count). The summed E-state index contributed by atoms with van der Waals surface area (Å²) < 4.78 is 20.5. The molecule has 0 radical (unpaired) electrons. The molecule has 134 valence electrons. The number of carbonyl (C=O) groups excluding carboxylic acids is 1. The minimum atomic E-state index is -0.354. The van der Waals surface area contributed by atoms with E-state index in [9.17, 15) is 14.0 Å². The zero-order chi connectivity index (χ0) is 17.6. The fourth-order valence-corrected chi connectivity index (χ4v) is 3.37. The van der Waals surface area contributed by atoms with Gasteiger partial charge in [0.1, 0.15) is 5.82 Å². The minimum Gasteiger partial charge on any atom is -0.376 e. The predicted molar refractivity (Wildman–Crippen MR) is 90.8 cm³/mol. The molecular formula is C16H19FN4O3S. The number of hydrogen-bond acceptors (Lipinski definition) is 5. The molecular weight excluding hydrogens is 347 g/mol. The summed E-state index contributed by atoms with van der Waals surface area (Å²) in [7, 11) is 0. The molecule has 1 fully saturated rings. The lowest BCUT2D eigenvalue weighted by Crippen LogP contribution is -2.27. The van der Waals surface area contributed by atoms with Crippen LogP contribution in [-0.2, 0) is 22.6 Å². The van der Waals surface area contributed by atoms with Crippen molar-refractivity contribution in [2.24, 2.45) is 0 Å². The Kier molecular flexibility index (Phi) is 5.87. The molecule has 0 spiro atoms. The SMILES string of the molecule is O=C(CSc1n[nH]c(=O)n1C[C@H]1CCCO1)NCc1ccccc1F. The summed E-state index contributed by atoms with van der Waals surface area (Å²) in [4.78, 5) is 23.8. The van der Waals surface area contributed by atoms with Gasteiger partial charge >= 0.3 is 5.69 Å². The second-order valence-corrected chi connectivity index (χ2v) is 6.66. The third kappa shape index (κ3) is 4.70. The van der Waals surface area contributed by atoms with Gasteiger partial charge in [0, 0.05) is 18.7 Å². The number of H-pyrrole nitrogens is 1. The predicted octanol–water partition coefficient (Wildman–Crippen LogP) is 1.30. The minimum absolute atomic E-state index is 0.00420. The Morgan fingerprint density at radius 2 is 2.32 bits per heavy atom. The maximum Gasteiger partial charge on any atom is 0.344 e. The Balaban J connectivity index is 1.52. The number of aromatic nitrogens is 3. The summed E-state index contributed by atoms with van der Waals surface area (Å²) in [6.07, 6.45) is 1.90. The van der Waals surface area contributed by atoms with Gasteiger partial charge in [0.2, 0.25) is 5.91 Å². The van der Waals surface area contributed by atoms with Gasteiger partial charge < -0.3 is 10.1 Å². The molecule has 0 saturated carbocycles. The van der Waals surface area contributed by atoms with Crippen LogP contribution in [0.2, 0.25) is 0 Å². The van der Waals surface area contributed by atoms with Crippen molar-refractivity contribution in [3.05, 3.63) is 46.1 Å². The van der Waals surface area contributed by atoms with Crippen molar-refractivity contribution in [3.8, 4) is 0 Å². The van der Waals surface area contributed by atoms with Crippen molar-refractivity contribution in [3.63, 3.8) is 0 Å². The van der Waals surface area contributed by atoms with E-state index in [1.165, 1.54) is 10.6 Å². The lowest BCUT2D eigenvalue weighted by molar-refractivity contribution is -0.118. The van der Waals surface area contributed by atoms with Crippen molar-refractivity contribution in [1.82, 2.24) is 20.1 Å². The van der Waals surface area contributed by atoms with Crippen LogP contribution >= 0.6 is 11.8 Å². The smallest absolute Gasteiger partial charge is 0.344 e. The number of nitrogens with zero attached hydrogens (tertiary/aromatic N) is 2. The van der Waals surface area contributed by atoms with E-state index in [1.807, 2.05) is 0 Å². The number of carbonyl (C=O) groups is 1. The van der Waals surface area contributed by atoms with Crippen LogP contribution in [0, 0.1) is 5.82 Å². The van der Waals surface area contributed by atoms with E-state index in [4.69, 9.17) is 4.74 Å². The number of nitrogens with one attached hydrogen (secondary N) is 2. The summed E-state index contributed by atoms with van der Waals surface area (Å²) in [6, 6.07) is 6.29. The largest absolute Gasteiger partial charge is 0.376 e. The van der Waals surface area contributed by atoms with E-state index >= 15 is 0 Å². The Hall–Kier alpha value is -2.13. The first-order valence-electron chi connectivity index (χ1n) is 8.03. The van der Waals surface area contributed by atoms with Gasteiger partial charge in [-0.25, -0.2) is 14.3 Å². The number of amides is 1. The van der Waals surface area contributed by atoms with Gasteiger partial charge in [0.25, 0.3) is 0 Å². The van der Waals surface area contributed by atoms with Gasteiger partial charge in [-0.2, -0.15) is 0 Å². The molecule has 1 aliphatic rings. The van der Waals surface area contributed by atoms with Gasteiger partial charge in [0.05, 0.1) is 18.4 Å². The van der Waals surface area contributed by atoms with Crippen molar-refractivity contribution in [2.75, 3.05) is 12.4 Å². The lowest BCUT2D eigenvalue weighted by atomic mass is 10.2. The monoisotopic (exact) mass is 366 g/mol. The molecule has 1 saturated heterocycles. The molecule has 1 aromatic heterocycles. The van der Waals surface area contributed by atoms with Crippen molar-refractivity contribution in [2.45, 2.75) is 37.2 Å². The van der Waals surface area contributed by atoms with Gasteiger partial charge in [-0.15, -0.1) is 5.10 Å². The standard InChI is InChI=1S/C16H19FN4O3S/c17-13-6-2-1-4-11(13)8-18-14(22)10-25-16-20-19-15(23)21(16)9-12-5-3-7-24-12/h1-2,4,6,12H,3,5,7-10H2,(H,18,22)(H,19,23)/t12-/m1/s1. The van der Waals surface area contributed by atoms with Gasteiger partial charge in [-0.3, -0.25) is 9.36 Å². The van der Waals surface area contributed by atoms with Crippen LogP contribution in [0.25, 0.3) is 0 Å². The average molecular weight is 366 g/mol. The topological polar surface area (TPSA) is 89.0 Å². The highest BCUT2D eigenvalue weighted by molar-refractivity contribution is 7.99. The molecule has 25 heavy (non-hydrogen) atoms. The number of aromatic amines is 1. The Morgan fingerprint density at radius 3 is 3.08 bits per heavy atom. The first-order valence-corrected chi connectivity index (χ1v) is 9.02. The highest BCUT2D eigenvalue weighted by atomic mass is 32.2. The molecule has 1 aliphatic heterocycles. The van der Waals surface area contributed by atoms with E-state index in [1.54, 1.807) is 18.2 Å². The van der Waals surface area contributed by atoms with E-state index in [0.29, 0.717) is 23.9 Å². The maximum absolute atomic E-state index is 13.5. The third-order valence-electron chi connectivity index (χ3n) is 3.90. The van der Waals surface area contributed by atoms with Crippen LogP contribution in [0.5, 0.6) is 0 Å². The normalized spacial score (nSPS) is 16.9. The lowest BCUT2D eigenvalue weighted by Gasteiger charge is -2.11. The van der Waals surface area contributed by atoms with E-state index in [0.717, 1.165) is 24.6 Å². The molecule has 1 amide bonds. The number of benzene rings is 1. The summed E-state index contributed by atoms with van der Waals surface area (Å²) in [5, 5.41) is 9.46. The summed E-state index contributed by atoms with van der Waals surface area (Å²) in [6.45, 7) is 1.25. The molecule has 0 unspecified atom stereocenters. The van der Waals surface area contributed by atoms with Crippen LogP contribution in [0.4, 0.5) is 4.39 Å². The fourth-order valence-electron chi connectivity index (χ4n) is 2.58. The third-order valence-corrected chi connectivity index (χ3v) is 4.88. The zero-order valence-corrected chi connectivity index (χ0v) is 14.4. The van der Waals surface area contributed by atoms with Gasteiger partial charge in [-0.05, 0) is 18.9 Å². The summed E-state index contributed by atoms with van der Waals surface area (Å²) in [5.74, 6) is -0.523. The molecule has 1 aromatic carbocycles. The van der Waals surface area contributed by atoms with Crippen LogP contribution in [0.1, 0.15) is 18.4 Å². The van der Waals surface area contributed by atoms with Crippen molar-refractivity contribution < 1.29 is 13.9 Å². The Bertz CT molecular complexity index is 786. The first-order chi connectivity index (χ1) is 12.1. The van der Waals surface area contributed by atoms with Crippen LogP contribution in [-0.4, -0.2) is 39.1 Å². The fraction of sp³-hybridized carbons (Fsp3) is 0.438. The molecule has 1 atom stereocenters. The van der Waals surface area contributed by atoms with E-state index in [2.05, 4.69) is 15.5 Å². The van der Waals surface area contributed by atoms with Gasteiger partial charge in [-0.1, -0.05) is 30.0 Å². The molecule has 2 heterocycles. The van der Waals surface area contributed by atoms with Crippen LogP contribution in [0.3, 0.4) is 0 Å². The van der Waals surface area contributed by atoms with E-state index in [-0.39, 0.29) is 35.8 Å². The number of thioether (sulfide) groups is 1. The molecule has 0 bridgehead atoms. The molecule has 0 aliphatic carbocycles. The number of ether oxygens (including phenoxy) is 1. The van der Waals surface area contributed by atoms with Crippen molar-refractivity contribution >= 4 is 17.7 Å².